The zero-order valence-corrected chi connectivity index (χ0v) is 9.36. The molecule has 2 N–H and O–H groups in total. The second-order valence-corrected chi connectivity index (χ2v) is 4.27. The zero-order valence-electron chi connectivity index (χ0n) is 9.36. The van der Waals surface area contributed by atoms with E-state index in [1.165, 1.54) is 0 Å². The SMILES string of the molecule is Cc1nc2ccc(N)nn2c1CC(C)C. The van der Waals surface area contributed by atoms with Gasteiger partial charge in [-0.2, -0.15) is 0 Å². The van der Waals surface area contributed by atoms with Crippen molar-refractivity contribution in [2.24, 2.45) is 5.92 Å². The number of nitrogens with two attached hydrogens (primary N) is 1. The fourth-order valence-corrected chi connectivity index (χ4v) is 1.72. The van der Waals surface area contributed by atoms with Crippen LogP contribution in [-0.2, 0) is 6.42 Å². The van der Waals surface area contributed by atoms with Gasteiger partial charge in [0.25, 0.3) is 0 Å². The van der Waals surface area contributed by atoms with Crippen LogP contribution in [0.1, 0.15) is 25.2 Å². The molecule has 0 aliphatic carbocycles. The van der Waals surface area contributed by atoms with Gasteiger partial charge in [-0.1, -0.05) is 13.8 Å². The minimum Gasteiger partial charge on any atom is -0.382 e. The van der Waals surface area contributed by atoms with E-state index in [4.69, 9.17) is 5.73 Å². The standard InChI is InChI=1S/C11H16N4/c1-7(2)6-9-8(3)13-11-5-4-10(12)14-15(9)11/h4-5,7H,6H2,1-3H3,(H2,12,14). The summed E-state index contributed by atoms with van der Waals surface area (Å²) in [4.78, 5) is 4.45. The number of hydrogen-bond acceptors (Lipinski definition) is 3. The summed E-state index contributed by atoms with van der Waals surface area (Å²) in [5.74, 6) is 1.12. The average molecular weight is 204 g/mol. The Bertz CT molecular complexity index is 485. The van der Waals surface area contributed by atoms with Crippen LogP contribution >= 0.6 is 0 Å². The first-order chi connectivity index (χ1) is 7.08. The Morgan fingerprint density at radius 3 is 2.80 bits per heavy atom. The summed E-state index contributed by atoms with van der Waals surface area (Å²) in [5, 5.41) is 4.28. The van der Waals surface area contributed by atoms with Crippen molar-refractivity contribution in [3.05, 3.63) is 23.5 Å². The highest BCUT2D eigenvalue weighted by Crippen LogP contribution is 2.15. The van der Waals surface area contributed by atoms with Crippen LogP contribution in [0.2, 0.25) is 0 Å². The highest BCUT2D eigenvalue weighted by atomic mass is 15.3. The van der Waals surface area contributed by atoms with Crippen LogP contribution < -0.4 is 5.73 Å². The summed E-state index contributed by atoms with van der Waals surface area (Å²) >= 11 is 0. The van der Waals surface area contributed by atoms with Crippen molar-refractivity contribution in [1.29, 1.82) is 0 Å². The lowest BCUT2D eigenvalue weighted by molar-refractivity contribution is 0.619. The maximum Gasteiger partial charge on any atom is 0.154 e. The molecule has 15 heavy (non-hydrogen) atoms. The Kier molecular flexibility index (Phi) is 2.34. The molecule has 0 spiro atoms. The molecule has 0 atom stereocenters. The Morgan fingerprint density at radius 2 is 2.13 bits per heavy atom. The molecule has 0 radical (unpaired) electrons. The number of nitrogen functional groups attached to an aromatic ring is 1. The largest absolute Gasteiger partial charge is 0.382 e. The van der Waals surface area contributed by atoms with Crippen LogP contribution in [0, 0.1) is 12.8 Å². The van der Waals surface area contributed by atoms with Crippen LogP contribution in [0.15, 0.2) is 12.1 Å². The highest BCUT2D eigenvalue weighted by Gasteiger charge is 2.11. The number of anilines is 1. The van der Waals surface area contributed by atoms with Gasteiger partial charge in [0.2, 0.25) is 0 Å². The monoisotopic (exact) mass is 204 g/mol. The number of imidazole rings is 1. The normalized spacial score (nSPS) is 11.5. The van der Waals surface area contributed by atoms with Crippen molar-refractivity contribution in [3.8, 4) is 0 Å². The van der Waals surface area contributed by atoms with Crippen LogP contribution in [0.4, 0.5) is 5.82 Å². The molecule has 2 aromatic rings. The average Bonchev–Trinajstić information content (AvgIpc) is 2.43. The Balaban J connectivity index is 2.60. The van der Waals surface area contributed by atoms with Crippen LogP contribution in [0.25, 0.3) is 5.65 Å². The molecule has 4 nitrogen and oxygen atoms in total. The van der Waals surface area contributed by atoms with Crippen LogP contribution in [0.3, 0.4) is 0 Å². The predicted molar refractivity (Wildman–Crippen MR) is 60.7 cm³/mol. The number of aromatic nitrogens is 3. The summed E-state index contributed by atoms with van der Waals surface area (Å²) in [6.45, 7) is 6.39. The third-order valence-electron chi connectivity index (χ3n) is 2.39. The molecule has 2 rings (SSSR count). The summed E-state index contributed by atoms with van der Waals surface area (Å²) in [6, 6.07) is 3.68. The number of fused-ring (bicyclic) bond motifs is 1. The molecule has 0 aliphatic heterocycles. The van der Waals surface area contributed by atoms with Crippen molar-refractivity contribution >= 4 is 11.5 Å². The number of nitrogens with zero attached hydrogens (tertiary/aromatic N) is 3. The van der Waals surface area contributed by atoms with E-state index < -0.39 is 0 Å². The molecule has 0 saturated heterocycles. The third kappa shape index (κ3) is 1.79. The van der Waals surface area contributed by atoms with Gasteiger partial charge in [0.1, 0.15) is 5.82 Å². The van der Waals surface area contributed by atoms with Crippen molar-refractivity contribution < 1.29 is 0 Å². The van der Waals surface area contributed by atoms with Crippen LogP contribution in [-0.4, -0.2) is 14.6 Å². The highest BCUT2D eigenvalue weighted by molar-refractivity contribution is 5.45. The van der Waals surface area contributed by atoms with E-state index in [2.05, 4.69) is 23.9 Å². The number of aryl methyl sites for hydroxylation is 1. The lowest BCUT2D eigenvalue weighted by Crippen LogP contribution is -2.04. The second kappa shape index (κ2) is 3.53. The van der Waals surface area contributed by atoms with Gasteiger partial charge in [0.15, 0.2) is 5.65 Å². The first-order valence-electron chi connectivity index (χ1n) is 5.18. The van der Waals surface area contributed by atoms with E-state index in [0.29, 0.717) is 11.7 Å². The van der Waals surface area contributed by atoms with E-state index in [1.54, 1.807) is 6.07 Å². The van der Waals surface area contributed by atoms with Crippen molar-refractivity contribution in [1.82, 2.24) is 14.6 Å². The molecule has 2 aromatic heterocycles. The fraction of sp³-hybridized carbons (Fsp3) is 0.455. The summed E-state index contributed by atoms with van der Waals surface area (Å²) in [5.41, 5.74) is 8.75. The maximum absolute atomic E-state index is 5.67. The molecule has 0 unspecified atom stereocenters. The summed E-state index contributed by atoms with van der Waals surface area (Å²) < 4.78 is 1.85. The molecule has 0 fully saturated rings. The Labute approximate surface area is 89.1 Å². The Morgan fingerprint density at radius 1 is 1.40 bits per heavy atom. The van der Waals surface area contributed by atoms with Gasteiger partial charge in [-0.25, -0.2) is 9.50 Å². The van der Waals surface area contributed by atoms with E-state index in [9.17, 15) is 0 Å². The third-order valence-corrected chi connectivity index (χ3v) is 2.39. The Hall–Kier alpha value is -1.58. The van der Waals surface area contributed by atoms with Gasteiger partial charge < -0.3 is 5.73 Å². The fourth-order valence-electron chi connectivity index (χ4n) is 1.72. The first kappa shape index (κ1) is 9.96. The first-order valence-corrected chi connectivity index (χ1v) is 5.18. The molecule has 2 heterocycles. The number of hydrogen-bond donors (Lipinski definition) is 1. The molecule has 0 saturated carbocycles. The zero-order chi connectivity index (χ0) is 11.0. The van der Waals surface area contributed by atoms with Gasteiger partial charge >= 0.3 is 0 Å². The van der Waals surface area contributed by atoms with Gasteiger partial charge in [-0.05, 0) is 31.4 Å². The molecule has 0 aliphatic rings. The number of rotatable bonds is 2. The topological polar surface area (TPSA) is 56.2 Å². The minimum atomic E-state index is 0.532. The van der Waals surface area contributed by atoms with Gasteiger partial charge in [0.05, 0.1) is 11.4 Å². The lowest BCUT2D eigenvalue weighted by Gasteiger charge is -2.05. The molecule has 0 amide bonds. The van der Waals surface area contributed by atoms with E-state index in [-0.39, 0.29) is 0 Å². The van der Waals surface area contributed by atoms with Crippen molar-refractivity contribution in [2.45, 2.75) is 27.2 Å². The van der Waals surface area contributed by atoms with Crippen LogP contribution in [0.5, 0.6) is 0 Å². The van der Waals surface area contributed by atoms with Crippen molar-refractivity contribution in [2.75, 3.05) is 5.73 Å². The molecule has 0 bridgehead atoms. The van der Waals surface area contributed by atoms with Crippen molar-refractivity contribution in [3.63, 3.8) is 0 Å². The van der Waals surface area contributed by atoms with E-state index in [0.717, 1.165) is 23.5 Å². The lowest BCUT2D eigenvalue weighted by atomic mass is 10.1. The quantitative estimate of drug-likeness (QED) is 0.811. The van der Waals surface area contributed by atoms with Gasteiger partial charge in [-0.3, -0.25) is 0 Å². The molecule has 0 aromatic carbocycles. The second-order valence-electron chi connectivity index (χ2n) is 4.27. The van der Waals surface area contributed by atoms with E-state index >= 15 is 0 Å². The predicted octanol–water partition coefficient (Wildman–Crippen LogP) is 1.82. The molecular formula is C11H16N4. The summed E-state index contributed by atoms with van der Waals surface area (Å²) in [6.07, 6.45) is 0.976. The molecule has 80 valence electrons. The molecule has 4 heteroatoms. The smallest absolute Gasteiger partial charge is 0.154 e. The molecular weight excluding hydrogens is 188 g/mol. The minimum absolute atomic E-state index is 0.532. The van der Waals surface area contributed by atoms with Gasteiger partial charge in [-0.15, -0.1) is 5.10 Å². The summed E-state index contributed by atoms with van der Waals surface area (Å²) in [7, 11) is 0. The van der Waals surface area contributed by atoms with E-state index in [1.807, 2.05) is 17.5 Å². The van der Waals surface area contributed by atoms with Gasteiger partial charge in [0, 0.05) is 0 Å². The maximum atomic E-state index is 5.67.